The molecular formula is C3H2Cl2OS2. The van der Waals surface area contributed by atoms with Crippen LogP contribution in [-0.4, -0.2) is 5.12 Å². The van der Waals surface area contributed by atoms with Crippen molar-refractivity contribution in [2.24, 2.45) is 0 Å². The van der Waals surface area contributed by atoms with Crippen LogP contribution in [-0.2, 0) is 4.79 Å². The van der Waals surface area contributed by atoms with Crippen molar-refractivity contribution in [1.82, 2.24) is 0 Å². The van der Waals surface area contributed by atoms with Gasteiger partial charge in [0.15, 0.2) is 0 Å². The standard InChI is InChI=1S/C3H2Cl2OS2/c4-8(5)3(6)1-2-7-8/h1-2H. The number of hydrogen-bond acceptors (Lipinski definition) is 2. The minimum Gasteiger partial charge on any atom is -0.281 e. The molecule has 0 saturated carbocycles. The molecule has 0 saturated heterocycles. The Kier molecular flexibility index (Phi) is 1.82. The van der Waals surface area contributed by atoms with Crippen LogP contribution in [0.25, 0.3) is 0 Å². The number of carbonyl (C=O) groups excluding carboxylic acids is 1. The van der Waals surface area contributed by atoms with Gasteiger partial charge in [0.25, 0.3) is 0 Å². The van der Waals surface area contributed by atoms with Crippen LogP contribution < -0.4 is 0 Å². The Morgan fingerprint density at radius 2 is 2.25 bits per heavy atom. The quantitative estimate of drug-likeness (QED) is 0.545. The molecular weight excluding hydrogens is 187 g/mol. The predicted molar refractivity (Wildman–Crippen MR) is 41.0 cm³/mol. The van der Waals surface area contributed by atoms with Gasteiger partial charge in [0.1, 0.15) is 0 Å². The van der Waals surface area contributed by atoms with E-state index in [1.165, 1.54) is 16.9 Å². The van der Waals surface area contributed by atoms with Gasteiger partial charge in [-0.05, 0) is 37.6 Å². The SMILES string of the molecule is O=C1C=CSS1(Cl)Cl. The molecule has 0 fully saturated rings. The molecule has 1 aliphatic heterocycles. The highest BCUT2D eigenvalue weighted by Gasteiger charge is 2.29. The molecule has 1 aliphatic rings. The fourth-order valence-electron chi connectivity index (χ4n) is 0.280. The van der Waals surface area contributed by atoms with E-state index >= 15 is 0 Å². The van der Waals surface area contributed by atoms with E-state index in [9.17, 15) is 4.79 Å². The first-order valence-corrected chi connectivity index (χ1v) is 6.42. The van der Waals surface area contributed by atoms with E-state index in [0.717, 1.165) is 0 Å². The zero-order valence-electron chi connectivity index (χ0n) is 3.64. The Bertz CT molecular complexity index is 153. The summed E-state index contributed by atoms with van der Waals surface area (Å²) in [5.41, 5.74) is 0. The van der Waals surface area contributed by atoms with E-state index in [1.54, 1.807) is 5.41 Å². The normalized spacial score (nSPS) is 28.5. The van der Waals surface area contributed by atoms with E-state index in [4.69, 9.17) is 21.4 Å². The summed E-state index contributed by atoms with van der Waals surface area (Å²) in [6.07, 6.45) is 1.40. The van der Waals surface area contributed by atoms with Gasteiger partial charge in [-0.25, -0.2) is 0 Å². The van der Waals surface area contributed by atoms with Crippen LogP contribution in [0.3, 0.4) is 0 Å². The molecule has 0 radical (unpaired) electrons. The van der Waals surface area contributed by atoms with Gasteiger partial charge in [-0.3, -0.25) is 4.79 Å². The number of carbonyl (C=O) groups is 1. The maximum Gasteiger partial charge on any atom is 0.231 e. The minimum absolute atomic E-state index is 0.161. The molecule has 0 aromatic heterocycles. The third-order valence-electron chi connectivity index (χ3n) is 0.615. The van der Waals surface area contributed by atoms with Crippen LogP contribution >= 0.6 is 39.6 Å². The van der Waals surface area contributed by atoms with Gasteiger partial charge in [0.05, 0.1) is 0 Å². The summed E-state index contributed by atoms with van der Waals surface area (Å²) in [5, 5.41) is 1.46. The second kappa shape index (κ2) is 2.14. The molecule has 1 heterocycles. The lowest BCUT2D eigenvalue weighted by molar-refractivity contribution is -0.107. The molecule has 1 nitrogen and oxygen atoms in total. The third-order valence-corrected chi connectivity index (χ3v) is 5.48. The number of halogens is 2. The van der Waals surface area contributed by atoms with Crippen molar-refractivity contribution < 1.29 is 4.79 Å². The van der Waals surface area contributed by atoms with E-state index < -0.39 is 7.49 Å². The Hall–Kier alpha value is 0.690. The molecule has 8 heavy (non-hydrogen) atoms. The van der Waals surface area contributed by atoms with Crippen LogP contribution in [0.4, 0.5) is 0 Å². The van der Waals surface area contributed by atoms with Gasteiger partial charge in [-0.2, -0.15) is 0 Å². The van der Waals surface area contributed by atoms with E-state index in [0.29, 0.717) is 0 Å². The molecule has 0 spiro atoms. The predicted octanol–water partition coefficient (Wildman–Crippen LogP) is 2.80. The first-order chi connectivity index (χ1) is 3.63. The summed E-state index contributed by atoms with van der Waals surface area (Å²) < 4.78 is 0. The highest BCUT2D eigenvalue weighted by atomic mass is 36.0. The van der Waals surface area contributed by atoms with Gasteiger partial charge in [0.2, 0.25) is 5.12 Å². The fraction of sp³-hybridized carbons (Fsp3) is 0. The lowest BCUT2D eigenvalue weighted by Gasteiger charge is -2.10. The summed E-state index contributed by atoms with van der Waals surface area (Å²) in [4.78, 5) is 10.6. The zero-order chi connectivity index (χ0) is 6.20. The van der Waals surface area contributed by atoms with Crippen molar-refractivity contribution in [3.8, 4) is 0 Å². The molecule has 0 unspecified atom stereocenters. The Morgan fingerprint density at radius 1 is 1.62 bits per heavy atom. The van der Waals surface area contributed by atoms with E-state index in [1.807, 2.05) is 0 Å². The second-order valence-corrected chi connectivity index (χ2v) is 9.28. The van der Waals surface area contributed by atoms with Gasteiger partial charge in [-0.15, -0.1) is 0 Å². The average Bonchev–Trinajstić information content (AvgIpc) is 1.86. The van der Waals surface area contributed by atoms with Crippen LogP contribution in [0.2, 0.25) is 0 Å². The number of hydrogen-bond donors (Lipinski definition) is 0. The van der Waals surface area contributed by atoms with Crippen LogP contribution in [0.15, 0.2) is 11.5 Å². The Labute approximate surface area is 61.1 Å². The van der Waals surface area contributed by atoms with Crippen molar-refractivity contribution in [1.29, 1.82) is 0 Å². The monoisotopic (exact) mass is 188 g/mol. The van der Waals surface area contributed by atoms with Crippen molar-refractivity contribution in [3.05, 3.63) is 11.5 Å². The Morgan fingerprint density at radius 3 is 2.38 bits per heavy atom. The summed E-state index contributed by atoms with van der Waals surface area (Å²) in [6, 6.07) is 0. The van der Waals surface area contributed by atoms with Gasteiger partial charge in [0, 0.05) is 13.6 Å². The van der Waals surface area contributed by atoms with Crippen molar-refractivity contribution in [2.45, 2.75) is 0 Å². The average molecular weight is 189 g/mol. The lowest BCUT2D eigenvalue weighted by atomic mass is 10.7. The molecule has 0 aromatic carbocycles. The molecule has 0 aliphatic carbocycles. The van der Waals surface area contributed by atoms with Gasteiger partial charge >= 0.3 is 0 Å². The first-order valence-electron chi connectivity index (χ1n) is 1.74. The van der Waals surface area contributed by atoms with Crippen molar-refractivity contribution in [3.63, 3.8) is 0 Å². The van der Waals surface area contributed by atoms with Gasteiger partial charge < -0.3 is 0 Å². The highest BCUT2D eigenvalue weighted by molar-refractivity contribution is 9.17. The van der Waals surface area contributed by atoms with Crippen molar-refractivity contribution >= 4 is 44.8 Å². The molecule has 0 amide bonds. The summed E-state index contributed by atoms with van der Waals surface area (Å²) in [5.74, 6) is 0. The van der Waals surface area contributed by atoms with Crippen LogP contribution in [0.5, 0.6) is 0 Å². The summed E-state index contributed by atoms with van der Waals surface area (Å²) >= 11 is 0. The van der Waals surface area contributed by atoms with Gasteiger partial charge in [-0.1, -0.05) is 0 Å². The molecule has 0 atom stereocenters. The highest BCUT2D eigenvalue weighted by Crippen LogP contribution is 2.72. The maximum absolute atomic E-state index is 10.6. The largest absolute Gasteiger partial charge is 0.281 e. The smallest absolute Gasteiger partial charge is 0.231 e. The maximum atomic E-state index is 10.6. The van der Waals surface area contributed by atoms with E-state index in [2.05, 4.69) is 0 Å². The fourth-order valence-corrected chi connectivity index (χ4v) is 3.11. The lowest BCUT2D eigenvalue weighted by Crippen LogP contribution is -1.84. The minimum atomic E-state index is -2.01. The summed E-state index contributed by atoms with van der Waals surface area (Å²) in [7, 11) is 10.2. The number of rotatable bonds is 0. The molecule has 46 valence electrons. The van der Waals surface area contributed by atoms with E-state index in [-0.39, 0.29) is 5.12 Å². The van der Waals surface area contributed by atoms with Crippen LogP contribution in [0.1, 0.15) is 0 Å². The topological polar surface area (TPSA) is 17.1 Å². The molecule has 0 N–H and O–H groups in total. The Balaban J connectivity index is 2.79. The van der Waals surface area contributed by atoms with Crippen molar-refractivity contribution in [2.75, 3.05) is 0 Å². The molecule has 0 bridgehead atoms. The second-order valence-electron chi connectivity index (χ2n) is 1.14. The third kappa shape index (κ3) is 1.16. The first kappa shape index (κ1) is 6.81. The molecule has 1 rings (SSSR count). The molecule has 5 heteroatoms. The zero-order valence-corrected chi connectivity index (χ0v) is 6.78. The van der Waals surface area contributed by atoms with Crippen LogP contribution in [0, 0.1) is 0 Å². The molecule has 0 aromatic rings. The summed E-state index contributed by atoms with van der Waals surface area (Å²) in [6.45, 7) is 0.